The van der Waals surface area contributed by atoms with E-state index in [1.165, 1.54) is 11.1 Å². The van der Waals surface area contributed by atoms with Crippen molar-refractivity contribution in [2.24, 2.45) is 0 Å². The summed E-state index contributed by atoms with van der Waals surface area (Å²) < 4.78 is 1.47. The van der Waals surface area contributed by atoms with Crippen LogP contribution in [0.1, 0.15) is 115 Å². The standard InChI is InChI=1S/C48H57N4O5/c1-30-26-34(16-19-38(30)40-11-8-14-44(53)32(40)3)47(56)52(48(57)35-17-20-39(31(2)27-35)41-12-9-15-45(54)33(41)4)29-37-18-21-42(46(55)50-24-22-49(5)23-25-50)51(37)28-36-10-6-7-13-43(36)52/h6-7,10,13,16,18-19,21,26-27,44-45,53-54H,8-9,11-12,14-15,17,20,22-25,28-29H2,1-5H3/q+1. The topological polar surface area (TPSA) is 103 Å². The van der Waals surface area contributed by atoms with Crippen LogP contribution < -0.4 is 4.48 Å². The molecule has 9 heteroatoms. The number of hydrogen-bond acceptors (Lipinski definition) is 6. The molecule has 0 spiro atoms. The van der Waals surface area contributed by atoms with Crippen molar-refractivity contribution in [2.45, 2.75) is 104 Å². The van der Waals surface area contributed by atoms with Crippen LogP contribution in [0.3, 0.4) is 0 Å². The number of para-hydroxylation sites is 1. The Morgan fingerprint density at radius 1 is 0.737 bits per heavy atom. The van der Waals surface area contributed by atoms with Gasteiger partial charge < -0.3 is 24.6 Å². The van der Waals surface area contributed by atoms with E-state index < -0.39 is 16.7 Å². The molecule has 2 N–H and O–H groups in total. The molecule has 3 aromatic rings. The van der Waals surface area contributed by atoms with Crippen LogP contribution in [0.25, 0.3) is 5.57 Å². The van der Waals surface area contributed by atoms with Crippen molar-refractivity contribution in [3.05, 3.63) is 128 Å². The Bertz CT molecular complexity index is 2280. The van der Waals surface area contributed by atoms with Gasteiger partial charge in [0.15, 0.2) is 5.69 Å². The summed E-state index contributed by atoms with van der Waals surface area (Å²) in [6.07, 6.45) is 7.36. The zero-order valence-corrected chi connectivity index (χ0v) is 34.2. The second kappa shape index (κ2) is 15.6. The van der Waals surface area contributed by atoms with E-state index in [2.05, 4.69) is 11.9 Å². The van der Waals surface area contributed by atoms with Crippen LogP contribution in [0.2, 0.25) is 0 Å². The lowest BCUT2D eigenvalue weighted by Gasteiger charge is -2.35. The number of imide groups is 1. The predicted molar refractivity (Wildman–Crippen MR) is 224 cm³/mol. The number of allylic oxidation sites excluding steroid dienone is 5. The molecule has 3 unspecified atom stereocenters. The SMILES string of the molecule is CC1=C(C2=C(C)C(O)CCC2)CCC(C(=O)[N+]2(C(=O)c3ccc(C4=C(C)C(O)CCC4)c(C)c3)Cc3ccc(C(=O)N4CCN(C)CC4)n3Cc3ccccc32)=C1. The van der Waals surface area contributed by atoms with Crippen LogP contribution >= 0.6 is 0 Å². The molecule has 8 rings (SSSR count). The summed E-state index contributed by atoms with van der Waals surface area (Å²) in [7, 11) is 2.07. The number of carbonyl (C=O) groups is 3. The molecule has 3 aliphatic carbocycles. The Balaban J connectivity index is 1.27. The third kappa shape index (κ3) is 6.92. The minimum atomic E-state index is -0.559. The number of benzene rings is 2. The number of aromatic nitrogens is 1. The molecule has 9 nitrogen and oxygen atoms in total. The molecule has 57 heavy (non-hydrogen) atoms. The van der Waals surface area contributed by atoms with E-state index in [1.54, 1.807) is 0 Å². The van der Waals surface area contributed by atoms with Gasteiger partial charge in [-0.25, -0.2) is 9.59 Å². The van der Waals surface area contributed by atoms with Gasteiger partial charge in [-0.3, -0.25) is 4.79 Å². The zero-order chi connectivity index (χ0) is 40.2. The number of aliphatic hydroxyl groups is 2. The molecule has 2 aromatic carbocycles. The fourth-order valence-electron chi connectivity index (χ4n) is 10.1. The van der Waals surface area contributed by atoms with E-state index >= 15 is 9.59 Å². The summed E-state index contributed by atoms with van der Waals surface area (Å²) in [5.41, 5.74) is 12.3. The largest absolute Gasteiger partial charge is 0.389 e. The highest BCUT2D eigenvalue weighted by Gasteiger charge is 2.52. The molecular formula is C48H57N4O5+. The lowest BCUT2D eigenvalue weighted by Crippen LogP contribution is -2.58. The number of hydrogen-bond donors (Lipinski definition) is 2. The quantitative estimate of drug-likeness (QED) is 0.205. The monoisotopic (exact) mass is 769 g/mol. The van der Waals surface area contributed by atoms with E-state index in [4.69, 9.17) is 0 Å². The Morgan fingerprint density at radius 3 is 2.12 bits per heavy atom. The van der Waals surface area contributed by atoms with Crippen molar-refractivity contribution in [3.8, 4) is 0 Å². The average molecular weight is 770 g/mol. The van der Waals surface area contributed by atoms with Gasteiger partial charge in [0.05, 0.1) is 35.6 Å². The number of piperazine rings is 1. The van der Waals surface area contributed by atoms with Gasteiger partial charge in [0.2, 0.25) is 0 Å². The number of amides is 3. The molecule has 5 aliphatic rings. The van der Waals surface area contributed by atoms with Crippen LogP contribution in [-0.2, 0) is 17.9 Å². The van der Waals surface area contributed by atoms with E-state index in [9.17, 15) is 15.0 Å². The number of quaternary nitrogens is 1. The molecule has 3 heterocycles. The van der Waals surface area contributed by atoms with Gasteiger partial charge in [-0.15, -0.1) is 0 Å². The summed E-state index contributed by atoms with van der Waals surface area (Å²) in [6, 6.07) is 17.3. The molecule has 1 fully saturated rings. The Morgan fingerprint density at radius 2 is 1.42 bits per heavy atom. The zero-order valence-electron chi connectivity index (χ0n) is 34.2. The van der Waals surface area contributed by atoms with Crippen LogP contribution in [-0.4, -0.2) is 87.7 Å². The van der Waals surface area contributed by atoms with Crippen LogP contribution in [0.15, 0.2) is 94.1 Å². The number of aliphatic hydroxyl groups excluding tert-OH is 2. The molecule has 298 valence electrons. The average Bonchev–Trinajstić information content (AvgIpc) is 3.53. The van der Waals surface area contributed by atoms with Gasteiger partial charge in [0.25, 0.3) is 5.91 Å². The minimum absolute atomic E-state index is 0.0335. The Labute approximate surface area is 336 Å². The summed E-state index contributed by atoms with van der Waals surface area (Å²) in [6.45, 7) is 11.4. The predicted octanol–water partition coefficient (Wildman–Crippen LogP) is 7.64. The summed E-state index contributed by atoms with van der Waals surface area (Å²) in [5.74, 6) is -0.591. The summed E-state index contributed by atoms with van der Waals surface area (Å²) in [5, 5.41) is 21.4. The Kier molecular flexibility index (Phi) is 10.7. The smallest absolute Gasteiger partial charge is 0.358 e. The van der Waals surface area contributed by atoms with Gasteiger partial charge in [-0.2, -0.15) is 4.48 Å². The van der Waals surface area contributed by atoms with Crippen LogP contribution in [0.5, 0.6) is 0 Å². The maximum Gasteiger partial charge on any atom is 0.358 e. The molecule has 3 amide bonds. The normalized spacial score (nSPS) is 24.5. The molecule has 3 atom stereocenters. The fourth-order valence-corrected chi connectivity index (χ4v) is 10.1. The maximum absolute atomic E-state index is 15.7. The number of likely N-dealkylation sites (N-methyl/N-ethyl adjacent to an activating group) is 1. The van der Waals surface area contributed by atoms with E-state index in [0.29, 0.717) is 55.0 Å². The van der Waals surface area contributed by atoms with Crippen LogP contribution in [0, 0.1) is 6.92 Å². The highest BCUT2D eigenvalue weighted by molar-refractivity contribution is 6.21. The van der Waals surface area contributed by atoms with E-state index in [-0.39, 0.29) is 24.3 Å². The number of aryl methyl sites for hydroxylation is 1. The third-order valence-corrected chi connectivity index (χ3v) is 13.6. The van der Waals surface area contributed by atoms with Crippen LogP contribution in [0.4, 0.5) is 5.69 Å². The second-order valence-corrected chi connectivity index (χ2v) is 17.1. The molecule has 0 radical (unpaired) electrons. The highest BCUT2D eigenvalue weighted by atomic mass is 16.3. The van der Waals surface area contributed by atoms with E-state index in [1.807, 2.05) is 97.8 Å². The highest BCUT2D eigenvalue weighted by Crippen LogP contribution is 2.43. The number of carbonyl (C=O) groups excluding carboxylic acids is 3. The van der Waals surface area contributed by atoms with E-state index in [0.717, 1.165) is 96.3 Å². The lowest BCUT2D eigenvalue weighted by atomic mass is 9.80. The summed E-state index contributed by atoms with van der Waals surface area (Å²) >= 11 is 0. The van der Waals surface area contributed by atoms with Crippen molar-refractivity contribution >= 4 is 29.0 Å². The van der Waals surface area contributed by atoms with Crippen molar-refractivity contribution in [3.63, 3.8) is 0 Å². The first-order valence-corrected chi connectivity index (χ1v) is 20.9. The maximum atomic E-state index is 15.7. The number of rotatable bonds is 5. The van der Waals surface area contributed by atoms with Crippen molar-refractivity contribution in [1.82, 2.24) is 18.8 Å². The number of fused-ring (bicyclic) bond motifs is 2. The van der Waals surface area contributed by atoms with Gasteiger partial charge in [-0.1, -0.05) is 24.3 Å². The molecule has 0 saturated carbocycles. The Hall–Kier alpha value is -4.67. The first-order chi connectivity index (χ1) is 27.4. The molecule has 2 aliphatic heterocycles. The molecule has 1 aromatic heterocycles. The van der Waals surface area contributed by atoms with Gasteiger partial charge in [0, 0.05) is 37.8 Å². The second-order valence-electron chi connectivity index (χ2n) is 17.1. The summed E-state index contributed by atoms with van der Waals surface area (Å²) in [4.78, 5) is 49.7. The molecule has 0 bridgehead atoms. The minimum Gasteiger partial charge on any atom is -0.389 e. The first-order valence-electron chi connectivity index (χ1n) is 20.9. The van der Waals surface area contributed by atoms with Gasteiger partial charge in [0.1, 0.15) is 12.2 Å². The van der Waals surface area contributed by atoms with Crippen molar-refractivity contribution < 1.29 is 24.6 Å². The third-order valence-electron chi connectivity index (χ3n) is 13.6. The van der Waals surface area contributed by atoms with Gasteiger partial charge >= 0.3 is 11.8 Å². The number of nitrogens with zero attached hydrogens (tertiary/aromatic N) is 4. The van der Waals surface area contributed by atoms with Crippen molar-refractivity contribution in [2.75, 3.05) is 33.2 Å². The molecular weight excluding hydrogens is 713 g/mol. The van der Waals surface area contributed by atoms with Crippen molar-refractivity contribution in [1.29, 1.82) is 0 Å². The van der Waals surface area contributed by atoms with Gasteiger partial charge in [-0.05, 0) is 161 Å². The fraction of sp³-hybridized carbons (Fsp3) is 0.438. The first kappa shape index (κ1) is 39.2. The molecule has 1 saturated heterocycles. The lowest BCUT2D eigenvalue weighted by molar-refractivity contribution is -0.124.